The maximum Gasteiger partial charge on any atom is 0.241 e. The Hall–Kier alpha value is -1.93. The number of amides is 1. The lowest BCUT2D eigenvalue weighted by molar-refractivity contribution is -0.126. The number of thiophene rings is 1. The van der Waals surface area contributed by atoms with Crippen molar-refractivity contribution in [3.05, 3.63) is 57.2 Å². The third-order valence-electron chi connectivity index (χ3n) is 5.00. The molecular formula is C20H20Cl2N4O2S. The first-order valence-electron chi connectivity index (χ1n) is 9.39. The summed E-state index contributed by atoms with van der Waals surface area (Å²) >= 11 is 13.7. The maximum absolute atomic E-state index is 12.5. The number of piperidine rings is 1. The SMILES string of the molecule is O=C(NCc1ccc(Cl)cc1Cl)C1CCN(Cc2nc(-c3cccs3)no2)CC1. The molecule has 9 heteroatoms. The third-order valence-corrected chi connectivity index (χ3v) is 6.45. The van der Waals surface area contributed by atoms with Crippen LogP contribution in [-0.4, -0.2) is 34.0 Å². The number of hydrogen-bond acceptors (Lipinski definition) is 6. The smallest absolute Gasteiger partial charge is 0.241 e. The van der Waals surface area contributed by atoms with E-state index in [9.17, 15) is 4.79 Å². The van der Waals surface area contributed by atoms with E-state index in [1.165, 1.54) is 0 Å². The van der Waals surface area contributed by atoms with E-state index in [1.54, 1.807) is 23.5 Å². The highest BCUT2D eigenvalue weighted by Crippen LogP contribution is 2.24. The van der Waals surface area contributed by atoms with E-state index in [1.807, 2.05) is 23.6 Å². The van der Waals surface area contributed by atoms with Gasteiger partial charge < -0.3 is 9.84 Å². The molecule has 1 N–H and O–H groups in total. The molecule has 0 bridgehead atoms. The highest BCUT2D eigenvalue weighted by atomic mass is 35.5. The highest BCUT2D eigenvalue weighted by molar-refractivity contribution is 7.13. The number of halogens is 2. The summed E-state index contributed by atoms with van der Waals surface area (Å²) in [7, 11) is 0. The Kier molecular flexibility index (Phi) is 6.50. The van der Waals surface area contributed by atoms with Crippen LogP contribution in [0, 0.1) is 5.92 Å². The third kappa shape index (κ3) is 5.17. The second-order valence-corrected chi connectivity index (χ2v) is 8.78. The Morgan fingerprint density at radius 2 is 2.10 bits per heavy atom. The van der Waals surface area contributed by atoms with Crippen LogP contribution in [-0.2, 0) is 17.9 Å². The molecule has 1 amide bonds. The summed E-state index contributed by atoms with van der Waals surface area (Å²) in [6, 6.07) is 9.23. The van der Waals surface area contributed by atoms with Gasteiger partial charge in [0.15, 0.2) is 0 Å². The molecule has 0 radical (unpaired) electrons. The molecule has 0 saturated carbocycles. The number of hydrogen-bond donors (Lipinski definition) is 1. The van der Waals surface area contributed by atoms with Crippen LogP contribution >= 0.6 is 34.5 Å². The van der Waals surface area contributed by atoms with Crippen molar-refractivity contribution in [2.24, 2.45) is 5.92 Å². The van der Waals surface area contributed by atoms with Crippen molar-refractivity contribution in [2.45, 2.75) is 25.9 Å². The fourth-order valence-electron chi connectivity index (χ4n) is 3.36. The molecule has 0 spiro atoms. The summed E-state index contributed by atoms with van der Waals surface area (Å²) in [5, 5.41) is 10.2. The van der Waals surface area contributed by atoms with Gasteiger partial charge in [0.05, 0.1) is 11.4 Å². The number of aromatic nitrogens is 2. The number of benzene rings is 1. The normalized spacial score (nSPS) is 15.5. The first-order chi connectivity index (χ1) is 14.1. The molecule has 2 aromatic heterocycles. The standard InChI is InChI=1S/C20H20Cl2N4O2S/c21-15-4-3-14(16(22)10-15)11-23-20(27)13-5-7-26(8-6-13)12-18-24-19(25-28-18)17-2-1-9-29-17/h1-4,9-10,13H,5-8,11-12H2,(H,23,27). The van der Waals surface area contributed by atoms with Crippen molar-refractivity contribution in [2.75, 3.05) is 13.1 Å². The molecule has 6 nitrogen and oxygen atoms in total. The first-order valence-corrected chi connectivity index (χ1v) is 11.0. The fourth-order valence-corrected chi connectivity index (χ4v) is 4.49. The number of nitrogens with one attached hydrogen (secondary N) is 1. The number of carbonyl (C=O) groups excluding carboxylic acids is 1. The van der Waals surface area contributed by atoms with Crippen molar-refractivity contribution >= 4 is 40.4 Å². The number of rotatable bonds is 6. The Labute approximate surface area is 182 Å². The van der Waals surface area contributed by atoms with Gasteiger partial charge in [-0.3, -0.25) is 9.69 Å². The van der Waals surface area contributed by atoms with Crippen LogP contribution in [0.25, 0.3) is 10.7 Å². The summed E-state index contributed by atoms with van der Waals surface area (Å²) in [5.41, 5.74) is 0.861. The minimum Gasteiger partial charge on any atom is -0.352 e. The Balaban J connectivity index is 1.24. The van der Waals surface area contributed by atoms with Gasteiger partial charge in [-0.25, -0.2) is 0 Å². The van der Waals surface area contributed by atoms with E-state index in [2.05, 4.69) is 20.4 Å². The van der Waals surface area contributed by atoms with E-state index in [0.29, 0.717) is 34.8 Å². The summed E-state index contributed by atoms with van der Waals surface area (Å²) in [6.45, 7) is 2.64. The topological polar surface area (TPSA) is 71.3 Å². The van der Waals surface area contributed by atoms with Crippen LogP contribution in [0.1, 0.15) is 24.3 Å². The van der Waals surface area contributed by atoms with Gasteiger partial charge in [0, 0.05) is 22.5 Å². The average Bonchev–Trinajstić information content (AvgIpc) is 3.39. The highest BCUT2D eigenvalue weighted by Gasteiger charge is 2.26. The van der Waals surface area contributed by atoms with Gasteiger partial charge in [0.25, 0.3) is 0 Å². The van der Waals surface area contributed by atoms with Crippen molar-refractivity contribution in [3.63, 3.8) is 0 Å². The van der Waals surface area contributed by atoms with E-state index >= 15 is 0 Å². The van der Waals surface area contributed by atoms with Crippen LogP contribution in [0.4, 0.5) is 0 Å². The molecule has 3 aromatic rings. The van der Waals surface area contributed by atoms with Crippen LogP contribution in [0.3, 0.4) is 0 Å². The van der Waals surface area contributed by atoms with Gasteiger partial charge in [-0.2, -0.15) is 4.98 Å². The first kappa shape index (κ1) is 20.3. The molecule has 29 heavy (non-hydrogen) atoms. The van der Waals surface area contributed by atoms with Gasteiger partial charge >= 0.3 is 0 Å². The van der Waals surface area contributed by atoms with E-state index in [0.717, 1.165) is 36.4 Å². The molecule has 1 aliphatic rings. The molecule has 152 valence electrons. The Morgan fingerprint density at radius 3 is 2.83 bits per heavy atom. The van der Waals surface area contributed by atoms with Crippen molar-refractivity contribution in [1.82, 2.24) is 20.4 Å². The van der Waals surface area contributed by atoms with E-state index in [4.69, 9.17) is 27.7 Å². The van der Waals surface area contributed by atoms with Crippen LogP contribution < -0.4 is 5.32 Å². The summed E-state index contributed by atoms with van der Waals surface area (Å²) in [6.07, 6.45) is 1.60. The van der Waals surface area contributed by atoms with Crippen LogP contribution in [0.5, 0.6) is 0 Å². The molecular weight excluding hydrogens is 431 g/mol. The summed E-state index contributed by atoms with van der Waals surface area (Å²) < 4.78 is 5.38. The Bertz CT molecular complexity index is 969. The zero-order valence-electron chi connectivity index (χ0n) is 15.6. The van der Waals surface area contributed by atoms with E-state index in [-0.39, 0.29) is 11.8 Å². The van der Waals surface area contributed by atoms with Crippen molar-refractivity contribution in [1.29, 1.82) is 0 Å². The van der Waals surface area contributed by atoms with Gasteiger partial charge in [-0.05, 0) is 55.1 Å². The van der Waals surface area contributed by atoms with E-state index < -0.39 is 0 Å². The number of likely N-dealkylation sites (tertiary alicyclic amines) is 1. The van der Waals surface area contributed by atoms with Crippen LogP contribution in [0.15, 0.2) is 40.2 Å². The molecule has 1 saturated heterocycles. The largest absolute Gasteiger partial charge is 0.352 e. The Morgan fingerprint density at radius 1 is 1.28 bits per heavy atom. The van der Waals surface area contributed by atoms with Crippen molar-refractivity contribution in [3.8, 4) is 10.7 Å². The molecule has 1 fully saturated rings. The molecule has 1 aliphatic heterocycles. The lowest BCUT2D eigenvalue weighted by atomic mass is 9.96. The molecule has 1 aromatic carbocycles. The van der Waals surface area contributed by atoms with Crippen LogP contribution in [0.2, 0.25) is 10.0 Å². The van der Waals surface area contributed by atoms with Gasteiger partial charge in [-0.1, -0.05) is 40.5 Å². The predicted octanol–water partition coefficient (Wildman–Crippen LogP) is 4.63. The molecule has 0 unspecified atom stereocenters. The molecule has 4 rings (SSSR count). The molecule has 3 heterocycles. The van der Waals surface area contributed by atoms with Crippen molar-refractivity contribution < 1.29 is 9.32 Å². The maximum atomic E-state index is 12.5. The fraction of sp³-hybridized carbons (Fsp3) is 0.350. The lowest BCUT2D eigenvalue weighted by Crippen LogP contribution is -2.40. The quantitative estimate of drug-likeness (QED) is 0.592. The second-order valence-electron chi connectivity index (χ2n) is 6.99. The minimum absolute atomic E-state index is 0.00157. The zero-order chi connectivity index (χ0) is 20.2. The monoisotopic (exact) mass is 450 g/mol. The molecule has 0 atom stereocenters. The number of nitrogens with zero attached hydrogens (tertiary/aromatic N) is 3. The summed E-state index contributed by atoms with van der Waals surface area (Å²) in [5.74, 6) is 1.30. The summed E-state index contributed by atoms with van der Waals surface area (Å²) in [4.78, 5) is 20.2. The lowest BCUT2D eigenvalue weighted by Gasteiger charge is -2.30. The predicted molar refractivity (Wildman–Crippen MR) is 114 cm³/mol. The van der Waals surface area contributed by atoms with Gasteiger partial charge in [-0.15, -0.1) is 11.3 Å². The van der Waals surface area contributed by atoms with Gasteiger partial charge in [0.1, 0.15) is 0 Å². The zero-order valence-corrected chi connectivity index (χ0v) is 17.9. The minimum atomic E-state index is 0.00157. The molecule has 0 aliphatic carbocycles. The van der Waals surface area contributed by atoms with Gasteiger partial charge in [0.2, 0.25) is 17.6 Å². The second kappa shape index (κ2) is 9.26. The average molecular weight is 451 g/mol. The number of carbonyl (C=O) groups is 1.